The summed E-state index contributed by atoms with van der Waals surface area (Å²) in [6, 6.07) is 0. The molecule has 0 amide bonds. The molecule has 0 radical (unpaired) electrons. The van der Waals surface area contributed by atoms with E-state index in [0.29, 0.717) is 11.8 Å². The lowest BCUT2D eigenvalue weighted by Gasteiger charge is -2.08. The first-order chi connectivity index (χ1) is 9.29. The predicted octanol–water partition coefficient (Wildman–Crippen LogP) is 2.12. The minimum Gasteiger partial charge on any atom is -0.321 e. The number of imidazole rings is 1. The van der Waals surface area contributed by atoms with Crippen LogP contribution in [0.2, 0.25) is 5.28 Å². The van der Waals surface area contributed by atoms with E-state index in [2.05, 4.69) is 15.4 Å². The molecule has 2 aromatic rings. The molecule has 1 N–H and O–H groups in total. The number of hydrogen-bond donors (Lipinski definition) is 1. The van der Waals surface area contributed by atoms with Gasteiger partial charge < -0.3 is 9.88 Å². The molecule has 9 heteroatoms. The summed E-state index contributed by atoms with van der Waals surface area (Å²) in [5, 5.41) is 6.70. The van der Waals surface area contributed by atoms with Gasteiger partial charge in [-0.15, -0.1) is 0 Å². The molecule has 110 valence electrons. The van der Waals surface area contributed by atoms with Crippen LogP contribution in [0.25, 0.3) is 0 Å². The van der Waals surface area contributed by atoms with Crippen LogP contribution >= 0.6 is 11.6 Å². The number of nitrogens with zero attached hydrogens (tertiary/aromatic N) is 4. The van der Waals surface area contributed by atoms with Crippen molar-refractivity contribution in [3.05, 3.63) is 34.6 Å². The highest BCUT2D eigenvalue weighted by molar-refractivity contribution is 6.28. The maximum atomic E-state index is 12.7. The Morgan fingerprint density at radius 1 is 1.30 bits per heavy atom. The SMILES string of the molecule is Cn1cc(CNCc2cnc(Cl)n2C)c(C(F)(F)F)n1. The quantitative estimate of drug-likeness (QED) is 0.941. The fourth-order valence-electron chi connectivity index (χ4n) is 1.81. The molecule has 0 aromatic carbocycles. The minimum atomic E-state index is -4.45. The lowest BCUT2D eigenvalue weighted by molar-refractivity contribution is -0.142. The van der Waals surface area contributed by atoms with Crippen molar-refractivity contribution in [1.29, 1.82) is 0 Å². The first kappa shape index (κ1) is 14.9. The Morgan fingerprint density at radius 2 is 2.00 bits per heavy atom. The Kier molecular flexibility index (Phi) is 4.05. The summed E-state index contributed by atoms with van der Waals surface area (Å²) in [4.78, 5) is 3.89. The number of alkyl halides is 3. The Labute approximate surface area is 118 Å². The molecule has 0 saturated carbocycles. The van der Waals surface area contributed by atoms with Gasteiger partial charge in [0.2, 0.25) is 5.28 Å². The molecule has 0 bridgehead atoms. The third-order valence-corrected chi connectivity index (χ3v) is 3.17. The number of rotatable bonds is 4. The topological polar surface area (TPSA) is 47.7 Å². The maximum absolute atomic E-state index is 12.7. The first-order valence-electron chi connectivity index (χ1n) is 5.75. The van der Waals surface area contributed by atoms with Crippen LogP contribution in [-0.4, -0.2) is 19.3 Å². The van der Waals surface area contributed by atoms with E-state index in [1.54, 1.807) is 17.8 Å². The second kappa shape index (κ2) is 5.45. The molecule has 2 heterocycles. The highest BCUT2D eigenvalue weighted by Crippen LogP contribution is 2.30. The first-order valence-corrected chi connectivity index (χ1v) is 6.13. The van der Waals surface area contributed by atoms with Crippen molar-refractivity contribution in [3.63, 3.8) is 0 Å². The average Bonchev–Trinajstić information content (AvgIpc) is 2.86. The van der Waals surface area contributed by atoms with E-state index in [0.717, 1.165) is 10.4 Å². The highest BCUT2D eigenvalue weighted by Gasteiger charge is 2.36. The van der Waals surface area contributed by atoms with Gasteiger partial charge in [-0.05, 0) is 11.6 Å². The van der Waals surface area contributed by atoms with Gasteiger partial charge in [-0.3, -0.25) is 4.68 Å². The van der Waals surface area contributed by atoms with E-state index in [-0.39, 0.29) is 12.1 Å². The normalized spacial score (nSPS) is 12.1. The standard InChI is InChI=1S/C11H13ClF3N5/c1-19-6-7(9(18-19)11(13,14)15)3-16-4-8-5-17-10(12)20(8)2/h5-6,16H,3-4H2,1-2H3. The molecule has 0 spiro atoms. The monoisotopic (exact) mass is 307 g/mol. The molecule has 2 aromatic heterocycles. The molecule has 0 saturated heterocycles. The van der Waals surface area contributed by atoms with Gasteiger partial charge in [0, 0.05) is 38.9 Å². The van der Waals surface area contributed by atoms with Gasteiger partial charge in [-0.1, -0.05) is 0 Å². The fourth-order valence-corrected chi connectivity index (χ4v) is 1.97. The highest BCUT2D eigenvalue weighted by atomic mass is 35.5. The van der Waals surface area contributed by atoms with Crippen LogP contribution in [0.5, 0.6) is 0 Å². The van der Waals surface area contributed by atoms with Gasteiger partial charge in [0.25, 0.3) is 0 Å². The van der Waals surface area contributed by atoms with Gasteiger partial charge in [0.05, 0.1) is 11.9 Å². The molecule has 20 heavy (non-hydrogen) atoms. The fraction of sp³-hybridized carbons (Fsp3) is 0.455. The molecular weight excluding hydrogens is 295 g/mol. The second-order valence-electron chi connectivity index (χ2n) is 4.36. The van der Waals surface area contributed by atoms with Gasteiger partial charge in [0.15, 0.2) is 5.69 Å². The number of halogens is 4. The summed E-state index contributed by atoms with van der Waals surface area (Å²) in [6.45, 7) is 0.424. The van der Waals surface area contributed by atoms with E-state index in [4.69, 9.17) is 11.6 Å². The van der Waals surface area contributed by atoms with Crippen LogP contribution in [0.4, 0.5) is 13.2 Å². The molecule has 0 atom stereocenters. The molecule has 0 aliphatic carbocycles. The Bertz CT molecular complexity index is 602. The van der Waals surface area contributed by atoms with Crippen LogP contribution in [0.1, 0.15) is 17.0 Å². The van der Waals surface area contributed by atoms with Crippen molar-refractivity contribution in [2.24, 2.45) is 14.1 Å². The zero-order valence-corrected chi connectivity index (χ0v) is 11.6. The van der Waals surface area contributed by atoms with Crippen molar-refractivity contribution in [3.8, 4) is 0 Å². The molecule has 0 aliphatic heterocycles. The van der Waals surface area contributed by atoms with E-state index < -0.39 is 11.9 Å². The van der Waals surface area contributed by atoms with Crippen molar-refractivity contribution in [2.45, 2.75) is 19.3 Å². The summed E-state index contributed by atoms with van der Waals surface area (Å²) in [6.07, 6.45) is -1.52. The van der Waals surface area contributed by atoms with Gasteiger partial charge in [-0.2, -0.15) is 18.3 Å². The number of hydrogen-bond acceptors (Lipinski definition) is 3. The molecule has 5 nitrogen and oxygen atoms in total. The van der Waals surface area contributed by atoms with Gasteiger partial charge >= 0.3 is 6.18 Å². The largest absolute Gasteiger partial charge is 0.435 e. The predicted molar refractivity (Wildman–Crippen MR) is 67.0 cm³/mol. The number of aromatic nitrogens is 4. The van der Waals surface area contributed by atoms with Crippen LogP contribution in [-0.2, 0) is 33.4 Å². The number of nitrogens with one attached hydrogen (secondary N) is 1. The Morgan fingerprint density at radius 3 is 2.55 bits per heavy atom. The van der Waals surface area contributed by atoms with E-state index in [1.807, 2.05) is 0 Å². The Hall–Kier alpha value is -1.54. The van der Waals surface area contributed by atoms with Gasteiger partial charge in [-0.25, -0.2) is 4.98 Å². The third kappa shape index (κ3) is 3.13. The third-order valence-electron chi connectivity index (χ3n) is 2.82. The lowest BCUT2D eigenvalue weighted by Crippen LogP contribution is -2.17. The lowest BCUT2D eigenvalue weighted by atomic mass is 10.2. The van der Waals surface area contributed by atoms with Crippen LogP contribution in [0.3, 0.4) is 0 Å². The summed E-state index contributed by atoms with van der Waals surface area (Å²) < 4.78 is 41.0. The van der Waals surface area contributed by atoms with Gasteiger partial charge in [0.1, 0.15) is 0 Å². The van der Waals surface area contributed by atoms with E-state index in [9.17, 15) is 13.2 Å². The summed E-state index contributed by atoms with van der Waals surface area (Å²) in [5.41, 5.74) is 0.0243. The maximum Gasteiger partial charge on any atom is 0.435 e. The second-order valence-corrected chi connectivity index (χ2v) is 4.69. The molecule has 0 fully saturated rings. The summed E-state index contributed by atoms with van der Waals surface area (Å²) in [5.74, 6) is 0. The summed E-state index contributed by atoms with van der Waals surface area (Å²) in [7, 11) is 3.19. The number of aryl methyl sites for hydroxylation is 1. The minimum absolute atomic E-state index is 0.0610. The van der Waals surface area contributed by atoms with Crippen LogP contribution < -0.4 is 5.32 Å². The molecule has 0 unspecified atom stereocenters. The molecule has 0 aliphatic rings. The van der Waals surface area contributed by atoms with E-state index in [1.165, 1.54) is 13.2 Å². The Balaban J connectivity index is 2.03. The van der Waals surface area contributed by atoms with E-state index >= 15 is 0 Å². The van der Waals surface area contributed by atoms with Crippen molar-refractivity contribution in [1.82, 2.24) is 24.6 Å². The van der Waals surface area contributed by atoms with Crippen molar-refractivity contribution >= 4 is 11.6 Å². The molecule has 2 rings (SSSR count). The van der Waals surface area contributed by atoms with Crippen LogP contribution in [0.15, 0.2) is 12.4 Å². The van der Waals surface area contributed by atoms with Crippen molar-refractivity contribution < 1.29 is 13.2 Å². The van der Waals surface area contributed by atoms with Crippen molar-refractivity contribution in [2.75, 3.05) is 0 Å². The average molecular weight is 308 g/mol. The zero-order valence-electron chi connectivity index (χ0n) is 10.9. The molecular formula is C11H13ClF3N5. The summed E-state index contributed by atoms with van der Waals surface area (Å²) >= 11 is 5.78. The zero-order chi connectivity index (χ0) is 14.9. The smallest absolute Gasteiger partial charge is 0.321 e. The van der Waals surface area contributed by atoms with Crippen LogP contribution in [0, 0.1) is 0 Å².